The summed E-state index contributed by atoms with van der Waals surface area (Å²) in [6.07, 6.45) is 1.28. The molecule has 1 heterocycles. The quantitative estimate of drug-likeness (QED) is 0.783. The number of carbonyl (C=O) groups excluding carboxylic acids is 2. The third-order valence-corrected chi connectivity index (χ3v) is 2.70. The van der Waals surface area contributed by atoms with Gasteiger partial charge < -0.3 is 15.5 Å². The number of nitrogens with two attached hydrogens (primary N) is 1. The maximum absolute atomic E-state index is 11.3. The van der Waals surface area contributed by atoms with E-state index in [0.717, 1.165) is 11.1 Å². The van der Waals surface area contributed by atoms with Gasteiger partial charge in [-0.25, -0.2) is 0 Å². The van der Waals surface area contributed by atoms with Crippen molar-refractivity contribution in [3.8, 4) is 0 Å². The minimum absolute atomic E-state index is 0.385. The van der Waals surface area contributed by atoms with Gasteiger partial charge in [-0.1, -0.05) is 6.07 Å². The Hall–Kier alpha value is -2.30. The zero-order valence-electron chi connectivity index (χ0n) is 9.27. The van der Waals surface area contributed by atoms with Gasteiger partial charge in [0, 0.05) is 28.2 Å². The molecule has 0 saturated heterocycles. The first-order valence-corrected chi connectivity index (χ1v) is 5.14. The highest BCUT2D eigenvalue weighted by Crippen LogP contribution is 2.28. The second kappa shape index (κ2) is 4.29. The van der Waals surface area contributed by atoms with Crippen molar-refractivity contribution in [2.45, 2.75) is 13.0 Å². The maximum Gasteiger partial charge on any atom is 0.293 e. The van der Waals surface area contributed by atoms with Gasteiger partial charge in [-0.15, -0.1) is 0 Å². The summed E-state index contributed by atoms with van der Waals surface area (Å²) in [5, 5.41) is 0.703. The van der Waals surface area contributed by atoms with Crippen molar-refractivity contribution in [2.75, 3.05) is 0 Å². The molecule has 1 amide bonds. The highest BCUT2D eigenvalue weighted by molar-refractivity contribution is 6.07. The molecule has 1 unspecified atom stereocenters. The predicted octanol–water partition coefficient (Wildman–Crippen LogP) is 1.50. The smallest absolute Gasteiger partial charge is 0.293 e. The Bertz CT molecular complexity index is 574. The van der Waals surface area contributed by atoms with Gasteiger partial charge in [-0.3, -0.25) is 9.59 Å². The predicted molar refractivity (Wildman–Crippen MR) is 62.4 cm³/mol. The largest absolute Gasteiger partial charge is 0.460 e. The third kappa shape index (κ3) is 1.87. The summed E-state index contributed by atoms with van der Waals surface area (Å²) in [6.45, 7) is 2.12. The lowest BCUT2D eigenvalue weighted by Crippen LogP contribution is -2.12. The van der Waals surface area contributed by atoms with E-state index in [9.17, 15) is 9.59 Å². The minimum Gasteiger partial charge on any atom is -0.460 e. The van der Waals surface area contributed by atoms with E-state index >= 15 is 0 Å². The summed E-state index contributed by atoms with van der Waals surface area (Å²) in [5.74, 6) is -0.505. The monoisotopic (exact) mass is 232 g/mol. The van der Waals surface area contributed by atoms with Crippen molar-refractivity contribution in [2.24, 2.45) is 5.73 Å². The van der Waals surface area contributed by atoms with Crippen molar-refractivity contribution in [3.05, 3.63) is 35.5 Å². The molecule has 2 rings (SSSR count). The SMILES string of the molecule is CC(OC=O)c1c[nH]c2cccc(C(N)=O)c12. The highest BCUT2D eigenvalue weighted by atomic mass is 16.5. The first-order chi connectivity index (χ1) is 8.15. The number of fused-ring (bicyclic) bond motifs is 1. The summed E-state index contributed by atoms with van der Waals surface area (Å²) in [5.41, 5.74) is 7.26. The van der Waals surface area contributed by atoms with Gasteiger partial charge in [0.2, 0.25) is 5.91 Å². The Morgan fingerprint density at radius 1 is 1.53 bits per heavy atom. The first-order valence-electron chi connectivity index (χ1n) is 5.14. The molecule has 0 saturated carbocycles. The molecule has 0 spiro atoms. The molecule has 0 aliphatic heterocycles. The van der Waals surface area contributed by atoms with Crippen LogP contribution in [0.1, 0.15) is 28.9 Å². The van der Waals surface area contributed by atoms with Crippen molar-refractivity contribution in [1.82, 2.24) is 4.98 Å². The number of aromatic nitrogens is 1. The number of ether oxygens (including phenoxy) is 1. The van der Waals surface area contributed by atoms with Crippen LogP contribution in [0.25, 0.3) is 10.9 Å². The Labute approximate surface area is 97.6 Å². The van der Waals surface area contributed by atoms with Crippen LogP contribution in [-0.4, -0.2) is 17.4 Å². The average Bonchev–Trinajstić information content (AvgIpc) is 2.72. The fourth-order valence-electron chi connectivity index (χ4n) is 1.89. The normalized spacial score (nSPS) is 12.3. The van der Waals surface area contributed by atoms with Crippen LogP contribution in [0.4, 0.5) is 0 Å². The van der Waals surface area contributed by atoms with Gasteiger partial charge in [0.05, 0.1) is 0 Å². The Kier molecular flexibility index (Phi) is 2.82. The van der Waals surface area contributed by atoms with Crippen LogP contribution >= 0.6 is 0 Å². The van der Waals surface area contributed by atoms with Crippen LogP contribution in [0.15, 0.2) is 24.4 Å². The fourth-order valence-corrected chi connectivity index (χ4v) is 1.89. The van der Waals surface area contributed by atoms with Crippen LogP contribution in [0, 0.1) is 0 Å². The van der Waals surface area contributed by atoms with Crippen molar-refractivity contribution in [3.63, 3.8) is 0 Å². The van der Waals surface area contributed by atoms with E-state index in [2.05, 4.69) is 4.98 Å². The lowest BCUT2D eigenvalue weighted by Gasteiger charge is -2.09. The van der Waals surface area contributed by atoms with Crippen LogP contribution in [0.5, 0.6) is 0 Å². The number of benzene rings is 1. The van der Waals surface area contributed by atoms with E-state index in [1.54, 1.807) is 25.3 Å². The van der Waals surface area contributed by atoms with Gasteiger partial charge in [0.25, 0.3) is 6.47 Å². The second-order valence-electron chi connectivity index (χ2n) is 3.71. The number of hydrogen-bond acceptors (Lipinski definition) is 3. The molecule has 0 aliphatic carbocycles. The molecule has 2 aromatic rings. The minimum atomic E-state index is -0.505. The fraction of sp³-hybridized carbons (Fsp3) is 0.167. The van der Waals surface area contributed by atoms with E-state index < -0.39 is 12.0 Å². The molecule has 1 atom stereocenters. The van der Waals surface area contributed by atoms with E-state index in [-0.39, 0.29) is 0 Å². The zero-order valence-corrected chi connectivity index (χ0v) is 9.27. The molecular weight excluding hydrogens is 220 g/mol. The van der Waals surface area contributed by atoms with Crippen LogP contribution in [0.2, 0.25) is 0 Å². The number of carbonyl (C=O) groups is 2. The number of aromatic amines is 1. The van der Waals surface area contributed by atoms with E-state index in [0.29, 0.717) is 17.4 Å². The highest BCUT2D eigenvalue weighted by Gasteiger charge is 2.16. The molecule has 1 aromatic heterocycles. The van der Waals surface area contributed by atoms with Gasteiger partial charge in [0.15, 0.2) is 0 Å². The molecule has 5 nitrogen and oxygen atoms in total. The van der Waals surface area contributed by atoms with Gasteiger partial charge in [0.1, 0.15) is 6.10 Å². The standard InChI is InChI=1S/C12H12N2O3/c1-7(17-6-15)9-5-14-10-4-2-3-8(11(9)10)12(13)16/h2-7,14H,1H3,(H2,13,16). The number of amides is 1. The molecular formula is C12H12N2O3. The summed E-state index contributed by atoms with van der Waals surface area (Å²) in [4.78, 5) is 24.7. The first kappa shape index (κ1) is 11.2. The summed E-state index contributed by atoms with van der Waals surface area (Å²) in [7, 11) is 0. The van der Waals surface area contributed by atoms with E-state index in [4.69, 9.17) is 10.5 Å². The lowest BCUT2D eigenvalue weighted by molar-refractivity contribution is -0.133. The molecule has 0 fully saturated rings. The molecule has 0 bridgehead atoms. The lowest BCUT2D eigenvalue weighted by atomic mass is 10.0. The Morgan fingerprint density at radius 3 is 2.94 bits per heavy atom. The molecule has 1 aromatic carbocycles. The van der Waals surface area contributed by atoms with Crippen molar-refractivity contribution in [1.29, 1.82) is 0 Å². The van der Waals surface area contributed by atoms with Gasteiger partial charge >= 0.3 is 0 Å². The molecule has 3 N–H and O–H groups in total. The second-order valence-corrected chi connectivity index (χ2v) is 3.71. The van der Waals surface area contributed by atoms with Crippen molar-refractivity contribution < 1.29 is 14.3 Å². The number of hydrogen-bond donors (Lipinski definition) is 2. The van der Waals surface area contributed by atoms with Gasteiger partial charge in [-0.2, -0.15) is 0 Å². The summed E-state index contributed by atoms with van der Waals surface area (Å²) < 4.78 is 4.88. The van der Waals surface area contributed by atoms with Gasteiger partial charge in [-0.05, 0) is 19.1 Å². The van der Waals surface area contributed by atoms with Crippen molar-refractivity contribution >= 4 is 23.3 Å². The van der Waals surface area contributed by atoms with Crippen LogP contribution in [-0.2, 0) is 9.53 Å². The summed E-state index contributed by atoms with van der Waals surface area (Å²) >= 11 is 0. The number of H-pyrrole nitrogens is 1. The van der Waals surface area contributed by atoms with Crippen LogP contribution < -0.4 is 5.73 Å². The summed E-state index contributed by atoms with van der Waals surface area (Å²) in [6, 6.07) is 5.22. The number of nitrogens with one attached hydrogen (secondary N) is 1. The van der Waals surface area contributed by atoms with E-state index in [1.807, 2.05) is 6.07 Å². The van der Waals surface area contributed by atoms with E-state index in [1.165, 1.54) is 0 Å². The molecule has 0 aliphatic rings. The molecule has 0 radical (unpaired) electrons. The molecule has 5 heteroatoms. The van der Waals surface area contributed by atoms with Crippen LogP contribution in [0.3, 0.4) is 0 Å². The number of rotatable bonds is 4. The Balaban J connectivity index is 2.64. The average molecular weight is 232 g/mol. The maximum atomic E-state index is 11.3. The molecule has 17 heavy (non-hydrogen) atoms. The topological polar surface area (TPSA) is 85.2 Å². The number of primary amides is 1. The molecule has 88 valence electrons. The zero-order chi connectivity index (χ0) is 12.4. The Morgan fingerprint density at radius 2 is 2.29 bits per heavy atom. The third-order valence-electron chi connectivity index (χ3n) is 2.70.